The summed E-state index contributed by atoms with van der Waals surface area (Å²) in [7, 11) is 0. The van der Waals surface area contributed by atoms with Gasteiger partial charge in [0.05, 0.1) is 6.61 Å². The molecule has 0 atom stereocenters. The molecule has 0 bridgehead atoms. The Balaban J connectivity index is 1.95. The van der Waals surface area contributed by atoms with Crippen molar-refractivity contribution in [3.63, 3.8) is 0 Å². The van der Waals surface area contributed by atoms with Gasteiger partial charge in [-0.2, -0.15) is 0 Å². The fourth-order valence-corrected chi connectivity index (χ4v) is 2.23. The van der Waals surface area contributed by atoms with Crippen molar-refractivity contribution in [2.75, 3.05) is 6.61 Å². The van der Waals surface area contributed by atoms with Gasteiger partial charge in [-0.3, -0.25) is 0 Å². The van der Waals surface area contributed by atoms with E-state index in [9.17, 15) is 0 Å². The molecule has 0 aromatic carbocycles. The third kappa shape index (κ3) is 3.01. The van der Waals surface area contributed by atoms with E-state index in [1.165, 1.54) is 32.1 Å². The zero-order chi connectivity index (χ0) is 11.2. The van der Waals surface area contributed by atoms with Crippen molar-refractivity contribution in [2.45, 2.75) is 51.6 Å². The van der Waals surface area contributed by atoms with Gasteiger partial charge in [0.25, 0.3) is 0 Å². The Morgan fingerprint density at radius 2 is 1.88 bits per heavy atom. The Morgan fingerprint density at radius 1 is 1.19 bits per heavy atom. The molecule has 0 aliphatic heterocycles. The van der Waals surface area contributed by atoms with Crippen LogP contribution in [0.15, 0.2) is 12.4 Å². The molecule has 1 aromatic rings. The van der Waals surface area contributed by atoms with E-state index in [1.807, 2.05) is 19.3 Å². The van der Waals surface area contributed by atoms with E-state index in [1.54, 1.807) is 0 Å². The topological polar surface area (TPSA) is 35.0 Å². The van der Waals surface area contributed by atoms with Crippen LogP contribution in [-0.2, 0) is 11.3 Å². The zero-order valence-corrected chi connectivity index (χ0v) is 9.98. The highest BCUT2D eigenvalue weighted by Gasteiger charge is 2.17. The smallest absolute Gasteiger partial charge is 0.131 e. The molecule has 1 aliphatic rings. The number of nitrogens with zero attached hydrogens (tertiary/aromatic N) is 2. The van der Waals surface area contributed by atoms with Crippen LogP contribution >= 0.6 is 0 Å². The first-order valence-corrected chi connectivity index (χ1v) is 6.28. The summed E-state index contributed by atoms with van der Waals surface area (Å²) in [6, 6.07) is 0. The van der Waals surface area contributed by atoms with Crippen LogP contribution in [0, 0.1) is 0 Å². The lowest BCUT2D eigenvalue weighted by atomic mass is 9.89. The molecule has 0 spiro atoms. The van der Waals surface area contributed by atoms with E-state index in [-0.39, 0.29) is 0 Å². The molecule has 0 unspecified atom stereocenters. The van der Waals surface area contributed by atoms with Crippen LogP contribution in [0.25, 0.3) is 0 Å². The van der Waals surface area contributed by atoms with Gasteiger partial charge in [-0.15, -0.1) is 0 Å². The van der Waals surface area contributed by atoms with Gasteiger partial charge in [-0.25, -0.2) is 9.97 Å². The van der Waals surface area contributed by atoms with E-state index >= 15 is 0 Å². The molecule has 88 valence electrons. The summed E-state index contributed by atoms with van der Waals surface area (Å²) in [5.41, 5.74) is 1.07. The summed E-state index contributed by atoms with van der Waals surface area (Å²) >= 11 is 0. The fraction of sp³-hybridized carbons (Fsp3) is 0.692. The Labute approximate surface area is 97.3 Å². The number of ether oxygens (including phenoxy) is 1. The lowest BCUT2D eigenvalue weighted by Crippen LogP contribution is -2.09. The van der Waals surface area contributed by atoms with Crippen LogP contribution in [0.2, 0.25) is 0 Å². The van der Waals surface area contributed by atoms with Crippen LogP contribution in [-0.4, -0.2) is 16.6 Å². The lowest BCUT2D eigenvalue weighted by molar-refractivity contribution is 0.133. The molecule has 2 rings (SSSR count). The summed E-state index contributed by atoms with van der Waals surface area (Å²) in [5.74, 6) is 1.62. The number of rotatable bonds is 4. The van der Waals surface area contributed by atoms with Crippen LogP contribution in [0.4, 0.5) is 0 Å². The van der Waals surface area contributed by atoms with Crippen molar-refractivity contribution in [2.24, 2.45) is 0 Å². The largest absolute Gasteiger partial charge is 0.377 e. The molecule has 0 amide bonds. The van der Waals surface area contributed by atoms with E-state index in [0.29, 0.717) is 12.5 Å². The molecular formula is C13H20N2O. The van der Waals surface area contributed by atoms with Crippen molar-refractivity contribution in [1.82, 2.24) is 9.97 Å². The molecule has 1 heterocycles. The minimum atomic E-state index is 0.592. The number of hydrogen-bond acceptors (Lipinski definition) is 3. The highest BCUT2D eigenvalue weighted by Crippen LogP contribution is 2.30. The maximum absolute atomic E-state index is 5.32. The second-order valence-electron chi connectivity index (χ2n) is 4.42. The van der Waals surface area contributed by atoms with Crippen molar-refractivity contribution in [3.05, 3.63) is 23.8 Å². The molecule has 0 saturated heterocycles. The fourth-order valence-electron chi connectivity index (χ4n) is 2.23. The number of aromatic nitrogens is 2. The van der Waals surface area contributed by atoms with Gasteiger partial charge in [0, 0.05) is 30.5 Å². The highest BCUT2D eigenvalue weighted by atomic mass is 16.5. The standard InChI is InChI=1S/C13H20N2O/c1-2-16-10-11-8-14-13(15-9-11)12-6-4-3-5-7-12/h8-9,12H,2-7,10H2,1H3. The third-order valence-electron chi connectivity index (χ3n) is 3.17. The van der Waals surface area contributed by atoms with Crippen LogP contribution in [0.5, 0.6) is 0 Å². The first-order valence-electron chi connectivity index (χ1n) is 6.28. The first-order chi connectivity index (χ1) is 7.90. The van der Waals surface area contributed by atoms with Crippen molar-refractivity contribution < 1.29 is 4.74 Å². The summed E-state index contributed by atoms with van der Waals surface area (Å²) < 4.78 is 5.32. The van der Waals surface area contributed by atoms with Crippen molar-refractivity contribution in [1.29, 1.82) is 0 Å². The first kappa shape index (κ1) is 11.5. The normalized spacial score (nSPS) is 17.6. The second kappa shape index (κ2) is 5.94. The second-order valence-corrected chi connectivity index (χ2v) is 4.42. The average molecular weight is 220 g/mol. The molecule has 1 aromatic heterocycles. The Hall–Kier alpha value is -0.960. The van der Waals surface area contributed by atoms with Gasteiger partial charge >= 0.3 is 0 Å². The monoisotopic (exact) mass is 220 g/mol. The molecule has 16 heavy (non-hydrogen) atoms. The summed E-state index contributed by atoms with van der Waals surface area (Å²) in [4.78, 5) is 8.93. The summed E-state index contributed by atoms with van der Waals surface area (Å²) in [6.07, 6.45) is 10.4. The Bertz CT molecular complexity index is 304. The van der Waals surface area contributed by atoms with E-state index in [2.05, 4.69) is 9.97 Å². The predicted molar refractivity (Wildman–Crippen MR) is 63.2 cm³/mol. The summed E-state index contributed by atoms with van der Waals surface area (Å²) in [5, 5.41) is 0. The molecular weight excluding hydrogens is 200 g/mol. The van der Waals surface area contributed by atoms with E-state index < -0.39 is 0 Å². The average Bonchev–Trinajstić information content (AvgIpc) is 2.38. The van der Waals surface area contributed by atoms with Crippen molar-refractivity contribution >= 4 is 0 Å². The van der Waals surface area contributed by atoms with Gasteiger partial charge in [0.15, 0.2) is 0 Å². The maximum atomic E-state index is 5.32. The van der Waals surface area contributed by atoms with E-state index in [4.69, 9.17) is 4.74 Å². The van der Waals surface area contributed by atoms with Gasteiger partial charge in [0.1, 0.15) is 5.82 Å². The molecule has 0 N–H and O–H groups in total. The van der Waals surface area contributed by atoms with Gasteiger partial charge in [0.2, 0.25) is 0 Å². The van der Waals surface area contributed by atoms with Gasteiger partial charge in [-0.1, -0.05) is 19.3 Å². The minimum absolute atomic E-state index is 0.592. The quantitative estimate of drug-likeness (QED) is 0.782. The minimum Gasteiger partial charge on any atom is -0.377 e. The molecule has 1 aliphatic carbocycles. The molecule has 3 nitrogen and oxygen atoms in total. The Morgan fingerprint density at radius 3 is 2.50 bits per heavy atom. The third-order valence-corrected chi connectivity index (χ3v) is 3.17. The van der Waals surface area contributed by atoms with E-state index in [0.717, 1.165) is 18.0 Å². The molecule has 1 fully saturated rings. The van der Waals surface area contributed by atoms with Gasteiger partial charge < -0.3 is 4.74 Å². The Kier molecular flexibility index (Phi) is 4.28. The van der Waals surface area contributed by atoms with Crippen molar-refractivity contribution in [3.8, 4) is 0 Å². The predicted octanol–water partition coefficient (Wildman–Crippen LogP) is 3.06. The zero-order valence-electron chi connectivity index (χ0n) is 9.98. The lowest BCUT2D eigenvalue weighted by Gasteiger charge is -2.19. The maximum Gasteiger partial charge on any atom is 0.131 e. The molecule has 0 radical (unpaired) electrons. The van der Waals surface area contributed by atoms with Crippen LogP contribution in [0.3, 0.4) is 0 Å². The number of hydrogen-bond donors (Lipinski definition) is 0. The van der Waals surface area contributed by atoms with Crippen LogP contribution < -0.4 is 0 Å². The molecule has 1 saturated carbocycles. The van der Waals surface area contributed by atoms with Gasteiger partial charge in [-0.05, 0) is 19.8 Å². The molecule has 3 heteroatoms. The van der Waals surface area contributed by atoms with Crippen LogP contribution in [0.1, 0.15) is 56.3 Å². The summed E-state index contributed by atoms with van der Waals surface area (Å²) in [6.45, 7) is 3.36. The highest BCUT2D eigenvalue weighted by molar-refractivity contribution is 5.06. The SMILES string of the molecule is CCOCc1cnc(C2CCCCC2)nc1.